The maximum Gasteiger partial charge on any atom is 0.123 e. The van der Waals surface area contributed by atoms with Crippen LogP contribution in [-0.2, 0) is 6.42 Å². The van der Waals surface area contributed by atoms with Crippen molar-refractivity contribution in [2.75, 3.05) is 0 Å². The first-order valence-electron chi connectivity index (χ1n) is 7.59. The van der Waals surface area contributed by atoms with Gasteiger partial charge in [-0.3, -0.25) is 0 Å². The van der Waals surface area contributed by atoms with Crippen LogP contribution in [0.15, 0.2) is 48.5 Å². The Morgan fingerprint density at radius 2 is 1.60 bits per heavy atom. The van der Waals surface area contributed by atoms with Crippen LogP contribution in [0.25, 0.3) is 0 Å². The molecular formula is C19H20O. The van der Waals surface area contributed by atoms with Gasteiger partial charge in [0.25, 0.3) is 0 Å². The SMILES string of the molecule is CC1Cc2ccccc2C1C1Oc2ccccc2C1C. The Kier molecular flexibility index (Phi) is 2.63. The second-order valence-corrected chi connectivity index (χ2v) is 6.31. The fourth-order valence-electron chi connectivity index (χ4n) is 4.10. The molecule has 2 aromatic rings. The predicted molar refractivity (Wildman–Crippen MR) is 81.3 cm³/mol. The van der Waals surface area contributed by atoms with Gasteiger partial charge in [-0.2, -0.15) is 0 Å². The number of para-hydroxylation sites is 1. The van der Waals surface area contributed by atoms with E-state index in [0.717, 1.165) is 5.75 Å². The summed E-state index contributed by atoms with van der Waals surface area (Å²) in [6.07, 6.45) is 1.47. The smallest absolute Gasteiger partial charge is 0.123 e. The summed E-state index contributed by atoms with van der Waals surface area (Å²) in [5, 5.41) is 0. The second-order valence-electron chi connectivity index (χ2n) is 6.31. The van der Waals surface area contributed by atoms with Crippen molar-refractivity contribution in [3.05, 3.63) is 65.2 Å². The Bertz CT molecular complexity index is 646. The van der Waals surface area contributed by atoms with Crippen LogP contribution in [-0.4, -0.2) is 6.10 Å². The summed E-state index contributed by atoms with van der Waals surface area (Å²) in [7, 11) is 0. The van der Waals surface area contributed by atoms with Gasteiger partial charge in [0.1, 0.15) is 11.9 Å². The highest BCUT2D eigenvalue weighted by molar-refractivity contribution is 5.44. The van der Waals surface area contributed by atoms with E-state index < -0.39 is 0 Å². The maximum atomic E-state index is 6.33. The van der Waals surface area contributed by atoms with E-state index in [0.29, 0.717) is 17.8 Å². The molecule has 1 aliphatic heterocycles. The molecule has 0 fully saturated rings. The second kappa shape index (κ2) is 4.37. The van der Waals surface area contributed by atoms with Crippen LogP contribution in [0, 0.1) is 5.92 Å². The highest BCUT2D eigenvalue weighted by Crippen LogP contribution is 2.49. The molecule has 1 heteroatoms. The van der Waals surface area contributed by atoms with E-state index in [-0.39, 0.29) is 6.10 Å². The lowest BCUT2D eigenvalue weighted by Crippen LogP contribution is -2.28. The first kappa shape index (κ1) is 12.0. The fraction of sp³-hybridized carbons (Fsp3) is 0.368. The number of ether oxygens (including phenoxy) is 1. The molecule has 0 saturated heterocycles. The third-order valence-electron chi connectivity index (χ3n) is 5.09. The van der Waals surface area contributed by atoms with E-state index in [1.807, 2.05) is 0 Å². The van der Waals surface area contributed by atoms with E-state index >= 15 is 0 Å². The summed E-state index contributed by atoms with van der Waals surface area (Å²) in [6.45, 7) is 4.67. The summed E-state index contributed by atoms with van der Waals surface area (Å²) in [6, 6.07) is 17.4. The molecule has 0 radical (unpaired) electrons. The maximum absolute atomic E-state index is 6.33. The molecule has 1 nitrogen and oxygen atoms in total. The van der Waals surface area contributed by atoms with Crippen LogP contribution in [0.3, 0.4) is 0 Å². The quantitative estimate of drug-likeness (QED) is 0.735. The van der Waals surface area contributed by atoms with Crippen molar-refractivity contribution in [1.29, 1.82) is 0 Å². The van der Waals surface area contributed by atoms with Gasteiger partial charge in [-0.05, 0) is 29.5 Å². The van der Waals surface area contributed by atoms with E-state index in [4.69, 9.17) is 4.74 Å². The Labute approximate surface area is 120 Å². The molecule has 0 aromatic heterocycles. The third-order valence-corrected chi connectivity index (χ3v) is 5.09. The summed E-state index contributed by atoms with van der Waals surface area (Å²) < 4.78 is 6.33. The largest absolute Gasteiger partial charge is 0.489 e. The first-order chi connectivity index (χ1) is 9.75. The van der Waals surface area contributed by atoms with Crippen molar-refractivity contribution in [2.24, 2.45) is 5.92 Å². The van der Waals surface area contributed by atoms with Gasteiger partial charge in [0.05, 0.1) is 0 Å². The lowest BCUT2D eigenvalue weighted by atomic mass is 9.81. The molecule has 4 atom stereocenters. The van der Waals surface area contributed by atoms with Crippen LogP contribution >= 0.6 is 0 Å². The first-order valence-corrected chi connectivity index (χ1v) is 7.59. The van der Waals surface area contributed by atoms with Crippen molar-refractivity contribution >= 4 is 0 Å². The Balaban J connectivity index is 1.73. The topological polar surface area (TPSA) is 9.23 Å². The van der Waals surface area contributed by atoms with E-state index in [1.165, 1.54) is 23.1 Å². The van der Waals surface area contributed by atoms with Gasteiger partial charge in [0.2, 0.25) is 0 Å². The molecule has 0 amide bonds. The number of rotatable bonds is 1. The molecule has 1 aliphatic carbocycles. The average molecular weight is 264 g/mol. The number of fused-ring (bicyclic) bond motifs is 2. The summed E-state index contributed by atoms with van der Waals surface area (Å²) in [5.74, 6) is 2.74. The number of benzene rings is 2. The van der Waals surface area contributed by atoms with Crippen LogP contribution in [0.4, 0.5) is 0 Å². The van der Waals surface area contributed by atoms with Crippen molar-refractivity contribution in [2.45, 2.75) is 38.2 Å². The molecule has 102 valence electrons. The number of hydrogen-bond acceptors (Lipinski definition) is 1. The van der Waals surface area contributed by atoms with Crippen LogP contribution in [0.2, 0.25) is 0 Å². The molecule has 0 bridgehead atoms. The van der Waals surface area contributed by atoms with Crippen LogP contribution in [0.1, 0.15) is 42.4 Å². The van der Waals surface area contributed by atoms with Crippen LogP contribution in [0.5, 0.6) is 5.75 Å². The molecule has 20 heavy (non-hydrogen) atoms. The fourth-order valence-corrected chi connectivity index (χ4v) is 4.10. The van der Waals surface area contributed by atoms with Gasteiger partial charge in [-0.15, -0.1) is 0 Å². The lowest BCUT2D eigenvalue weighted by Gasteiger charge is -2.27. The molecule has 2 aliphatic rings. The minimum Gasteiger partial charge on any atom is -0.489 e. The van der Waals surface area contributed by atoms with Crippen molar-refractivity contribution in [1.82, 2.24) is 0 Å². The molecule has 2 aromatic carbocycles. The molecule has 4 unspecified atom stereocenters. The van der Waals surface area contributed by atoms with Crippen LogP contribution < -0.4 is 4.74 Å². The summed E-state index contributed by atoms with van der Waals surface area (Å²) in [4.78, 5) is 0. The van der Waals surface area contributed by atoms with Gasteiger partial charge >= 0.3 is 0 Å². The zero-order valence-corrected chi connectivity index (χ0v) is 12.0. The third kappa shape index (κ3) is 1.62. The average Bonchev–Trinajstić information content (AvgIpc) is 2.96. The zero-order chi connectivity index (χ0) is 13.7. The van der Waals surface area contributed by atoms with Gasteiger partial charge in [-0.1, -0.05) is 56.3 Å². The summed E-state index contributed by atoms with van der Waals surface area (Å²) >= 11 is 0. The lowest BCUT2D eigenvalue weighted by molar-refractivity contribution is 0.155. The zero-order valence-electron chi connectivity index (χ0n) is 12.0. The van der Waals surface area contributed by atoms with Gasteiger partial charge in [0, 0.05) is 17.4 Å². The standard InChI is InChI=1S/C19H20O/c1-12-11-14-7-3-4-9-16(14)18(12)19-13(2)15-8-5-6-10-17(15)20-19/h3-10,12-13,18-19H,11H2,1-2H3. The Morgan fingerprint density at radius 3 is 2.40 bits per heavy atom. The van der Waals surface area contributed by atoms with E-state index in [9.17, 15) is 0 Å². The molecular weight excluding hydrogens is 244 g/mol. The van der Waals surface area contributed by atoms with Gasteiger partial charge < -0.3 is 4.74 Å². The number of hydrogen-bond donors (Lipinski definition) is 0. The monoisotopic (exact) mass is 264 g/mol. The van der Waals surface area contributed by atoms with Crippen molar-refractivity contribution in [3.8, 4) is 5.75 Å². The minimum atomic E-state index is 0.283. The molecule has 0 spiro atoms. The molecule has 4 rings (SSSR count). The summed E-state index contributed by atoms with van der Waals surface area (Å²) in [5.41, 5.74) is 4.38. The Morgan fingerprint density at radius 1 is 0.900 bits per heavy atom. The van der Waals surface area contributed by atoms with Gasteiger partial charge in [0.15, 0.2) is 0 Å². The van der Waals surface area contributed by atoms with Crippen molar-refractivity contribution in [3.63, 3.8) is 0 Å². The van der Waals surface area contributed by atoms with Gasteiger partial charge in [-0.25, -0.2) is 0 Å². The minimum absolute atomic E-state index is 0.283. The van der Waals surface area contributed by atoms with E-state index in [2.05, 4.69) is 62.4 Å². The molecule has 0 N–H and O–H groups in total. The highest BCUT2D eigenvalue weighted by Gasteiger charge is 2.43. The highest BCUT2D eigenvalue weighted by atomic mass is 16.5. The van der Waals surface area contributed by atoms with E-state index in [1.54, 1.807) is 0 Å². The molecule has 0 saturated carbocycles. The predicted octanol–water partition coefficient (Wildman–Crippen LogP) is 4.53. The normalized spacial score (nSPS) is 30.7. The molecule has 1 heterocycles. The van der Waals surface area contributed by atoms with Crippen molar-refractivity contribution < 1.29 is 4.74 Å². The Hall–Kier alpha value is -1.76.